The van der Waals surface area contributed by atoms with Gasteiger partial charge in [-0.25, -0.2) is 0 Å². The van der Waals surface area contributed by atoms with Crippen LogP contribution in [0.15, 0.2) is 42.5 Å². The van der Waals surface area contributed by atoms with Crippen molar-refractivity contribution in [3.05, 3.63) is 64.7 Å². The van der Waals surface area contributed by atoms with Crippen LogP contribution in [0.5, 0.6) is 0 Å². The number of hydrogen-bond donors (Lipinski definition) is 1. The Morgan fingerprint density at radius 2 is 1.65 bits per heavy atom. The lowest BCUT2D eigenvalue weighted by molar-refractivity contribution is -0.130. The first-order valence-electron chi connectivity index (χ1n) is 9.28. The van der Waals surface area contributed by atoms with E-state index in [9.17, 15) is 9.59 Å². The van der Waals surface area contributed by atoms with Gasteiger partial charge in [0.2, 0.25) is 5.91 Å². The maximum Gasteiger partial charge on any atom is 0.255 e. The molecule has 4 heteroatoms. The van der Waals surface area contributed by atoms with Crippen molar-refractivity contribution in [3.63, 3.8) is 0 Å². The van der Waals surface area contributed by atoms with Gasteiger partial charge in [-0.05, 0) is 74.1 Å². The van der Waals surface area contributed by atoms with Gasteiger partial charge in [-0.3, -0.25) is 9.59 Å². The van der Waals surface area contributed by atoms with Crippen molar-refractivity contribution in [1.82, 2.24) is 4.90 Å². The fraction of sp³-hybridized carbons (Fsp3) is 0.364. The van der Waals surface area contributed by atoms with Crippen LogP contribution < -0.4 is 5.32 Å². The molecule has 1 fully saturated rings. The van der Waals surface area contributed by atoms with Crippen LogP contribution in [-0.4, -0.2) is 29.8 Å². The molecule has 0 radical (unpaired) electrons. The zero-order valence-electron chi connectivity index (χ0n) is 15.5. The smallest absolute Gasteiger partial charge is 0.255 e. The summed E-state index contributed by atoms with van der Waals surface area (Å²) >= 11 is 0. The molecular formula is C22H26N2O2. The standard InChI is InChI=1S/C22H26N2O2/c1-16-5-9-19(15-17(16)2)22(26)23-20-10-6-18(7-11-20)8-12-21(25)24-13-3-4-14-24/h5-7,9-11,15H,3-4,8,12-14H2,1-2H3,(H,23,26). The van der Waals surface area contributed by atoms with Gasteiger partial charge in [0.1, 0.15) is 0 Å². The van der Waals surface area contributed by atoms with E-state index < -0.39 is 0 Å². The molecule has 0 aromatic heterocycles. The molecule has 1 saturated heterocycles. The fourth-order valence-electron chi connectivity index (χ4n) is 3.22. The van der Waals surface area contributed by atoms with Crippen LogP contribution in [0.2, 0.25) is 0 Å². The average molecular weight is 350 g/mol. The third-order valence-electron chi connectivity index (χ3n) is 5.07. The first kappa shape index (κ1) is 18.2. The van der Waals surface area contributed by atoms with E-state index in [1.54, 1.807) is 0 Å². The minimum absolute atomic E-state index is 0.106. The van der Waals surface area contributed by atoms with Crippen LogP contribution >= 0.6 is 0 Å². The van der Waals surface area contributed by atoms with Crippen LogP contribution in [0.4, 0.5) is 5.69 Å². The molecule has 26 heavy (non-hydrogen) atoms. The molecule has 0 spiro atoms. The summed E-state index contributed by atoms with van der Waals surface area (Å²) in [5, 5.41) is 2.93. The van der Waals surface area contributed by atoms with E-state index in [2.05, 4.69) is 5.32 Å². The largest absolute Gasteiger partial charge is 0.343 e. The zero-order chi connectivity index (χ0) is 18.5. The molecule has 2 aromatic carbocycles. The van der Waals surface area contributed by atoms with Gasteiger partial charge in [0.25, 0.3) is 5.91 Å². The molecule has 0 aliphatic carbocycles. The van der Waals surface area contributed by atoms with Gasteiger partial charge in [-0.1, -0.05) is 18.2 Å². The predicted octanol–water partition coefficient (Wildman–Crippen LogP) is 4.11. The van der Waals surface area contributed by atoms with Gasteiger partial charge in [-0.15, -0.1) is 0 Å². The normalized spacial score (nSPS) is 13.7. The number of likely N-dealkylation sites (tertiary alicyclic amines) is 1. The summed E-state index contributed by atoms with van der Waals surface area (Å²) in [6, 6.07) is 13.5. The number of aryl methyl sites for hydroxylation is 3. The van der Waals surface area contributed by atoms with E-state index in [1.165, 1.54) is 5.56 Å². The molecule has 0 atom stereocenters. The fourth-order valence-corrected chi connectivity index (χ4v) is 3.22. The third-order valence-corrected chi connectivity index (χ3v) is 5.07. The van der Waals surface area contributed by atoms with Crippen molar-refractivity contribution in [1.29, 1.82) is 0 Å². The van der Waals surface area contributed by atoms with Crippen LogP contribution in [0.1, 0.15) is 46.3 Å². The van der Waals surface area contributed by atoms with Crippen LogP contribution in [-0.2, 0) is 11.2 Å². The van der Waals surface area contributed by atoms with E-state index in [-0.39, 0.29) is 11.8 Å². The second-order valence-electron chi connectivity index (χ2n) is 7.04. The number of rotatable bonds is 5. The highest BCUT2D eigenvalue weighted by molar-refractivity contribution is 6.04. The maximum atomic E-state index is 12.4. The van der Waals surface area contributed by atoms with E-state index in [4.69, 9.17) is 0 Å². The molecule has 3 rings (SSSR count). The second-order valence-corrected chi connectivity index (χ2v) is 7.04. The van der Waals surface area contributed by atoms with Crippen LogP contribution in [0.25, 0.3) is 0 Å². The number of amides is 2. The van der Waals surface area contributed by atoms with Gasteiger partial charge >= 0.3 is 0 Å². The molecule has 2 aromatic rings. The Morgan fingerprint density at radius 3 is 2.31 bits per heavy atom. The molecule has 0 bridgehead atoms. The lowest BCUT2D eigenvalue weighted by Crippen LogP contribution is -2.27. The Bertz CT molecular complexity index is 790. The Labute approximate surface area is 155 Å². The SMILES string of the molecule is Cc1ccc(C(=O)Nc2ccc(CCC(=O)N3CCCC3)cc2)cc1C. The first-order chi connectivity index (χ1) is 12.5. The van der Waals surface area contributed by atoms with Crippen LogP contribution in [0.3, 0.4) is 0 Å². The molecule has 136 valence electrons. The quantitative estimate of drug-likeness (QED) is 0.882. The average Bonchev–Trinajstić information content (AvgIpc) is 3.18. The number of anilines is 1. The summed E-state index contributed by atoms with van der Waals surface area (Å²) in [4.78, 5) is 26.4. The second kappa shape index (κ2) is 8.17. The molecular weight excluding hydrogens is 324 g/mol. The van der Waals surface area contributed by atoms with E-state index in [1.807, 2.05) is 61.2 Å². The van der Waals surface area contributed by atoms with E-state index in [0.717, 1.165) is 49.2 Å². The highest BCUT2D eigenvalue weighted by Crippen LogP contribution is 2.16. The van der Waals surface area contributed by atoms with E-state index in [0.29, 0.717) is 12.0 Å². The summed E-state index contributed by atoms with van der Waals surface area (Å²) in [5.74, 6) is 0.139. The topological polar surface area (TPSA) is 49.4 Å². The summed E-state index contributed by atoms with van der Waals surface area (Å²) in [7, 11) is 0. The van der Waals surface area contributed by atoms with Gasteiger partial charge in [0.05, 0.1) is 0 Å². The Balaban J connectivity index is 1.54. The molecule has 2 amide bonds. The lowest BCUT2D eigenvalue weighted by Gasteiger charge is -2.15. The zero-order valence-corrected chi connectivity index (χ0v) is 15.5. The molecule has 1 heterocycles. The summed E-state index contributed by atoms with van der Waals surface area (Å²) < 4.78 is 0. The van der Waals surface area contributed by atoms with Crippen molar-refractivity contribution >= 4 is 17.5 Å². The molecule has 0 saturated carbocycles. The number of carbonyl (C=O) groups excluding carboxylic acids is 2. The van der Waals surface area contributed by atoms with Gasteiger partial charge in [0, 0.05) is 30.8 Å². The van der Waals surface area contributed by atoms with Gasteiger partial charge in [0.15, 0.2) is 0 Å². The molecule has 1 aliphatic heterocycles. The van der Waals surface area contributed by atoms with Gasteiger partial charge in [-0.2, -0.15) is 0 Å². The Kier molecular flexibility index (Phi) is 5.71. The Morgan fingerprint density at radius 1 is 0.962 bits per heavy atom. The lowest BCUT2D eigenvalue weighted by atomic mass is 10.1. The molecule has 0 unspecified atom stereocenters. The summed E-state index contributed by atoms with van der Waals surface area (Å²) in [6.45, 7) is 5.85. The summed E-state index contributed by atoms with van der Waals surface area (Å²) in [6.07, 6.45) is 3.54. The van der Waals surface area contributed by atoms with Crippen LogP contribution in [0, 0.1) is 13.8 Å². The van der Waals surface area contributed by atoms with Crippen molar-refractivity contribution in [2.75, 3.05) is 18.4 Å². The first-order valence-corrected chi connectivity index (χ1v) is 9.28. The molecule has 1 aliphatic rings. The van der Waals surface area contributed by atoms with Crippen molar-refractivity contribution < 1.29 is 9.59 Å². The molecule has 1 N–H and O–H groups in total. The molecule has 4 nitrogen and oxygen atoms in total. The highest BCUT2D eigenvalue weighted by Gasteiger charge is 2.17. The number of hydrogen-bond acceptors (Lipinski definition) is 2. The summed E-state index contributed by atoms with van der Waals surface area (Å²) in [5.41, 5.74) is 4.82. The monoisotopic (exact) mass is 350 g/mol. The maximum absolute atomic E-state index is 12.4. The predicted molar refractivity (Wildman–Crippen MR) is 104 cm³/mol. The number of nitrogens with zero attached hydrogens (tertiary/aromatic N) is 1. The number of carbonyl (C=O) groups is 2. The van der Waals surface area contributed by atoms with Gasteiger partial charge < -0.3 is 10.2 Å². The number of benzene rings is 2. The van der Waals surface area contributed by atoms with Crippen molar-refractivity contribution in [2.45, 2.75) is 39.5 Å². The third kappa shape index (κ3) is 4.51. The highest BCUT2D eigenvalue weighted by atomic mass is 16.2. The van der Waals surface area contributed by atoms with Crippen molar-refractivity contribution in [3.8, 4) is 0 Å². The minimum Gasteiger partial charge on any atom is -0.343 e. The number of nitrogens with one attached hydrogen (secondary N) is 1. The van der Waals surface area contributed by atoms with Crippen molar-refractivity contribution in [2.24, 2.45) is 0 Å². The minimum atomic E-state index is -0.106. The Hall–Kier alpha value is -2.62. The van der Waals surface area contributed by atoms with E-state index >= 15 is 0 Å².